The summed E-state index contributed by atoms with van der Waals surface area (Å²) in [5.74, 6) is 5.34. The van der Waals surface area contributed by atoms with E-state index >= 15 is 0 Å². The first-order valence-corrected chi connectivity index (χ1v) is 4.84. The number of aryl methyl sites for hydroxylation is 1. The molecular formula is C12H15FN2. The molecule has 0 aliphatic heterocycles. The minimum Gasteiger partial charge on any atom is -0.398 e. The summed E-state index contributed by atoms with van der Waals surface area (Å²) in [7, 11) is 1.86. The first kappa shape index (κ1) is 11.5. The second-order valence-corrected chi connectivity index (χ2v) is 3.34. The molecule has 0 saturated carbocycles. The third-order valence-electron chi connectivity index (χ3n) is 2.08. The molecule has 2 nitrogen and oxygen atoms in total. The van der Waals surface area contributed by atoms with E-state index in [9.17, 15) is 4.39 Å². The molecule has 0 fully saturated rings. The first-order chi connectivity index (χ1) is 7.15. The normalized spacial score (nSPS) is 9.53. The highest BCUT2D eigenvalue weighted by molar-refractivity contribution is 5.52. The lowest BCUT2D eigenvalue weighted by atomic mass is 10.1. The van der Waals surface area contributed by atoms with Crippen LogP contribution in [-0.2, 0) is 0 Å². The predicted molar refractivity (Wildman–Crippen MR) is 61.0 cm³/mol. The number of anilines is 1. The topological polar surface area (TPSA) is 38.0 Å². The Balaban J connectivity index is 2.84. The minimum absolute atomic E-state index is 0.352. The van der Waals surface area contributed by atoms with Crippen molar-refractivity contribution in [3.8, 4) is 11.8 Å². The third kappa shape index (κ3) is 3.26. The number of hydrogen-bond donors (Lipinski definition) is 2. The summed E-state index contributed by atoms with van der Waals surface area (Å²) in [6.45, 7) is 2.65. The highest BCUT2D eigenvalue weighted by atomic mass is 19.1. The second-order valence-electron chi connectivity index (χ2n) is 3.34. The Morgan fingerprint density at radius 3 is 2.87 bits per heavy atom. The average Bonchev–Trinajstić information content (AvgIpc) is 2.20. The molecule has 15 heavy (non-hydrogen) atoms. The van der Waals surface area contributed by atoms with Crippen molar-refractivity contribution in [1.29, 1.82) is 0 Å². The molecule has 0 radical (unpaired) electrons. The van der Waals surface area contributed by atoms with Crippen molar-refractivity contribution >= 4 is 5.69 Å². The largest absolute Gasteiger partial charge is 0.398 e. The fourth-order valence-electron chi connectivity index (χ4n) is 1.14. The van der Waals surface area contributed by atoms with Crippen LogP contribution >= 0.6 is 0 Å². The SMILES string of the molecule is CNCCC#Cc1cc(C)c(N)cc1F. The average molecular weight is 206 g/mol. The first-order valence-electron chi connectivity index (χ1n) is 4.84. The van der Waals surface area contributed by atoms with E-state index in [-0.39, 0.29) is 5.82 Å². The van der Waals surface area contributed by atoms with E-state index in [0.29, 0.717) is 17.7 Å². The van der Waals surface area contributed by atoms with Crippen molar-refractivity contribution in [2.75, 3.05) is 19.3 Å². The van der Waals surface area contributed by atoms with Gasteiger partial charge in [0.05, 0.1) is 5.56 Å². The lowest BCUT2D eigenvalue weighted by Gasteiger charge is -2.01. The van der Waals surface area contributed by atoms with Gasteiger partial charge in [-0.25, -0.2) is 4.39 Å². The van der Waals surface area contributed by atoms with E-state index in [1.807, 2.05) is 14.0 Å². The molecule has 0 bridgehead atoms. The van der Waals surface area contributed by atoms with Crippen molar-refractivity contribution in [3.63, 3.8) is 0 Å². The Morgan fingerprint density at radius 1 is 1.47 bits per heavy atom. The highest BCUT2D eigenvalue weighted by Gasteiger charge is 2.02. The van der Waals surface area contributed by atoms with Crippen molar-refractivity contribution in [2.45, 2.75) is 13.3 Å². The molecule has 1 aromatic carbocycles. The monoisotopic (exact) mass is 206 g/mol. The summed E-state index contributed by atoms with van der Waals surface area (Å²) in [6, 6.07) is 2.99. The van der Waals surface area contributed by atoms with Crippen LogP contribution in [0.4, 0.5) is 10.1 Å². The van der Waals surface area contributed by atoms with E-state index in [4.69, 9.17) is 5.73 Å². The maximum Gasteiger partial charge on any atom is 0.140 e. The standard InChI is InChI=1S/C12H15FN2/c1-9-7-10(5-3-4-6-15-2)11(13)8-12(9)14/h7-8,15H,4,6,14H2,1-2H3. The van der Waals surface area contributed by atoms with Gasteiger partial charge in [0.25, 0.3) is 0 Å². The zero-order chi connectivity index (χ0) is 11.3. The zero-order valence-corrected chi connectivity index (χ0v) is 9.02. The van der Waals surface area contributed by atoms with Crippen LogP contribution < -0.4 is 11.1 Å². The van der Waals surface area contributed by atoms with Gasteiger partial charge < -0.3 is 11.1 Å². The van der Waals surface area contributed by atoms with Crippen molar-refractivity contribution in [2.24, 2.45) is 0 Å². The summed E-state index contributed by atoms with van der Waals surface area (Å²) in [5.41, 5.74) is 7.30. The Morgan fingerprint density at radius 2 is 2.20 bits per heavy atom. The van der Waals surface area contributed by atoms with E-state index < -0.39 is 0 Å². The van der Waals surface area contributed by atoms with Gasteiger partial charge in [-0.3, -0.25) is 0 Å². The predicted octanol–water partition coefficient (Wildman–Crippen LogP) is 1.68. The Labute approximate surface area is 89.7 Å². The fraction of sp³-hybridized carbons (Fsp3) is 0.333. The van der Waals surface area contributed by atoms with Gasteiger partial charge in [-0.15, -0.1) is 0 Å². The summed E-state index contributed by atoms with van der Waals surface area (Å²) in [4.78, 5) is 0. The molecule has 0 amide bonds. The van der Waals surface area contributed by atoms with Crippen LogP contribution in [0.5, 0.6) is 0 Å². The molecule has 3 N–H and O–H groups in total. The molecule has 1 aromatic rings. The van der Waals surface area contributed by atoms with Crippen LogP contribution in [0.2, 0.25) is 0 Å². The Bertz CT molecular complexity index is 402. The molecule has 0 saturated heterocycles. The fourth-order valence-corrected chi connectivity index (χ4v) is 1.14. The molecule has 80 valence electrons. The molecule has 0 aromatic heterocycles. The zero-order valence-electron chi connectivity index (χ0n) is 9.02. The number of nitrogen functional groups attached to an aromatic ring is 1. The van der Waals surface area contributed by atoms with Crippen LogP contribution in [0.15, 0.2) is 12.1 Å². The van der Waals surface area contributed by atoms with Crippen molar-refractivity contribution in [3.05, 3.63) is 29.1 Å². The Hall–Kier alpha value is -1.53. The second kappa shape index (κ2) is 5.38. The van der Waals surface area contributed by atoms with Crippen molar-refractivity contribution in [1.82, 2.24) is 5.32 Å². The van der Waals surface area contributed by atoms with E-state index in [2.05, 4.69) is 17.2 Å². The number of nitrogens with two attached hydrogens (primary N) is 1. The molecule has 3 heteroatoms. The van der Waals surface area contributed by atoms with Gasteiger partial charge in [0.1, 0.15) is 5.82 Å². The summed E-state index contributed by atoms with van der Waals surface area (Å²) in [5, 5.41) is 2.97. The molecule has 1 rings (SSSR count). The molecule has 0 aliphatic rings. The number of hydrogen-bond acceptors (Lipinski definition) is 2. The molecule has 0 unspecified atom stereocenters. The van der Waals surface area contributed by atoms with Gasteiger partial charge in [-0.05, 0) is 31.7 Å². The van der Waals surface area contributed by atoms with Crippen LogP contribution in [-0.4, -0.2) is 13.6 Å². The van der Waals surface area contributed by atoms with Crippen LogP contribution in [0.1, 0.15) is 17.5 Å². The lowest BCUT2D eigenvalue weighted by Crippen LogP contribution is -2.05. The van der Waals surface area contributed by atoms with Gasteiger partial charge in [-0.1, -0.05) is 11.8 Å². The van der Waals surface area contributed by atoms with Crippen LogP contribution in [0.3, 0.4) is 0 Å². The molecular weight excluding hydrogens is 191 g/mol. The van der Waals surface area contributed by atoms with E-state index in [0.717, 1.165) is 12.1 Å². The molecule has 0 spiro atoms. The molecule has 0 aliphatic carbocycles. The summed E-state index contributed by atoms with van der Waals surface area (Å²) >= 11 is 0. The third-order valence-corrected chi connectivity index (χ3v) is 2.08. The lowest BCUT2D eigenvalue weighted by molar-refractivity contribution is 0.624. The van der Waals surface area contributed by atoms with Gasteiger partial charge in [0, 0.05) is 18.7 Å². The molecule has 0 heterocycles. The van der Waals surface area contributed by atoms with Crippen LogP contribution in [0, 0.1) is 24.6 Å². The number of nitrogens with one attached hydrogen (secondary N) is 1. The van der Waals surface area contributed by atoms with Gasteiger partial charge in [-0.2, -0.15) is 0 Å². The quantitative estimate of drug-likeness (QED) is 0.439. The summed E-state index contributed by atoms with van der Waals surface area (Å²) in [6.07, 6.45) is 0.708. The maximum atomic E-state index is 13.3. The van der Waals surface area contributed by atoms with Gasteiger partial charge in [0.2, 0.25) is 0 Å². The highest BCUT2D eigenvalue weighted by Crippen LogP contribution is 2.16. The smallest absolute Gasteiger partial charge is 0.140 e. The maximum absolute atomic E-state index is 13.3. The van der Waals surface area contributed by atoms with E-state index in [1.165, 1.54) is 6.07 Å². The molecule has 0 atom stereocenters. The van der Waals surface area contributed by atoms with Crippen LogP contribution in [0.25, 0.3) is 0 Å². The minimum atomic E-state index is -0.352. The van der Waals surface area contributed by atoms with Crippen molar-refractivity contribution < 1.29 is 4.39 Å². The number of benzene rings is 1. The number of halogens is 1. The van der Waals surface area contributed by atoms with Gasteiger partial charge in [0.15, 0.2) is 0 Å². The summed E-state index contributed by atoms with van der Waals surface area (Å²) < 4.78 is 13.3. The van der Waals surface area contributed by atoms with E-state index in [1.54, 1.807) is 6.07 Å². The van der Waals surface area contributed by atoms with Gasteiger partial charge >= 0.3 is 0 Å². The number of rotatable bonds is 2. The Kier molecular flexibility index (Phi) is 4.14.